The van der Waals surface area contributed by atoms with Crippen LogP contribution in [0.3, 0.4) is 0 Å². The van der Waals surface area contributed by atoms with Gasteiger partial charge in [-0.1, -0.05) is 30.0 Å². The van der Waals surface area contributed by atoms with E-state index in [0.29, 0.717) is 28.3 Å². The highest BCUT2D eigenvalue weighted by Gasteiger charge is 2.31. The molecule has 162 valence electrons. The molecule has 1 amide bonds. The van der Waals surface area contributed by atoms with E-state index in [9.17, 15) is 9.18 Å². The second kappa shape index (κ2) is 9.10. The molecule has 1 aliphatic carbocycles. The number of benzene rings is 1. The van der Waals surface area contributed by atoms with Crippen LogP contribution in [0.25, 0.3) is 11.4 Å². The van der Waals surface area contributed by atoms with Crippen molar-refractivity contribution >= 4 is 29.0 Å². The monoisotopic (exact) mass is 457 g/mol. The van der Waals surface area contributed by atoms with Crippen molar-refractivity contribution in [1.82, 2.24) is 24.6 Å². The van der Waals surface area contributed by atoms with Crippen molar-refractivity contribution in [3.8, 4) is 11.4 Å². The third-order valence-electron chi connectivity index (χ3n) is 5.70. The molecule has 3 heterocycles. The second-order valence-electron chi connectivity index (χ2n) is 7.91. The van der Waals surface area contributed by atoms with Gasteiger partial charge in [0.1, 0.15) is 5.82 Å². The molecule has 1 aromatic carbocycles. The summed E-state index contributed by atoms with van der Waals surface area (Å²) >= 11 is 3.18. The Morgan fingerprint density at radius 1 is 1.10 bits per heavy atom. The fourth-order valence-electron chi connectivity index (χ4n) is 3.86. The molecule has 1 saturated heterocycles. The van der Waals surface area contributed by atoms with Gasteiger partial charge in [-0.3, -0.25) is 14.3 Å². The number of piperazine rings is 1. The van der Waals surface area contributed by atoms with E-state index in [0.717, 1.165) is 45.6 Å². The minimum absolute atomic E-state index is 0.124. The fraction of sp³-hybridized carbons (Fsp3) is 0.409. The first-order valence-corrected chi connectivity index (χ1v) is 12.4. The average Bonchev–Trinajstić information content (AvgIpc) is 3.33. The number of amides is 1. The Hall–Kier alpha value is -2.23. The summed E-state index contributed by atoms with van der Waals surface area (Å²) in [5.74, 6) is 0.703. The standard InChI is InChI=1S/C22H24FN5OS2/c23-19-6-2-1-5-18(19)21-24-25-22(28(21)16-7-8-16)31-15-20(29)27-11-9-26(10-12-27)14-17-4-3-13-30-17/h1-6,13,16H,7-12,14-15H2. The number of aromatic nitrogens is 3. The maximum absolute atomic E-state index is 14.3. The first-order chi connectivity index (χ1) is 15.2. The Kier molecular flexibility index (Phi) is 6.06. The molecule has 0 atom stereocenters. The zero-order chi connectivity index (χ0) is 21.2. The van der Waals surface area contributed by atoms with Crippen molar-refractivity contribution in [2.45, 2.75) is 30.6 Å². The molecule has 0 bridgehead atoms. The highest BCUT2D eigenvalue weighted by molar-refractivity contribution is 7.99. The van der Waals surface area contributed by atoms with E-state index in [4.69, 9.17) is 0 Å². The van der Waals surface area contributed by atoms with E-state index < -0.39 is 0 Å². The van der Waals surface area contributed by atoms with Crippen LogP contribution in [0.2, 0.25) is 0 Å². The SMILES string of the molecule is O=C(CSc1nnc(-c2ccccc2F)n1C1CC1)N1CCN(Cc2cccs2)CC1. The van der Waals surface area contributed by atoms with Gasteiger partial charge in [0, 0.05) is 43.6 Å². The molecule has 0 spiro atoms. The van der Waals surface area contributed by atoms with Crippen LogP contribution in [0.1, 0.15) is 23.8 Å². The molecule has 0 N–H and O–H groups in total. The van der Waals surface area contributed by atoms with Crippen molar-refractivity contribution in [2.75, 3.05) is 31.9 Å². The zero-order valence-electron chi connectivity index (χ0n) is 17.1. The molecule has 1 aliphatic heterocycles. The molecule has 2 aliphatic rings. The molecule has 9 heteroatoms. The van der Waals surface area contributed by atoms with Gasteiger partial charge in [0.05, 0.1) is 11.3 Å². The number of thioether (sulfide) groups is 1. The normalized spacial score (nSPS) is 17.3. The number of rotatable bonds is 7. The summed E-state index contributed by atoms with van der Waals surface area (Å²) in [6, 6.07) is 11.2. The summed E-state index contributed by atoms with van der Waals surface area (Å²) in [5, 5.41) is 11.4. The topological polar surface area (TPSA) is 54.3 Å². The predicted molar refractivity (Wildman–Crippen MR) is 121 cm³/mol. The van der Waals surface area contributed by atoms with Crippen LogP contribution >= 0.6 is 23.1 Å². The van der Waals surface area contributed by atoms with E-state index in [1.54, 1.807) is 29.5 Å². The molecule has 5 rings (SSSR count). The molecule has 0 unspecified atom stereocenters. The number of halogens is 1. The summed E-state index contributed by atoms with van der Waals surface area (Å²) < 4.78 is 16.3. The first kappa shape index (κ1) is 20.7. The third kappa shape index (κ3) is 4.68. The summed E-state index contributed by atoms with van der Waals surface area (Å²) in [4.78, 5) is 18.5. The number of thiophene rings is 1. The van der Waals surface area contributed by atoms with E-state index >= 15 is 0 Å². The summed E-state index contributed by atoms with van der Waals surface area (Å²) in [6.45, 7) is 4.24. The Morgan fingerprint density at radius 3 is 2.61 bits per heavy atom. The van der Waals surface area contributed by atoms with Crippen molar-refractivity contribution in [3.63, 3.8) is 0 Å². The number of hydrogen-bond acceptors (Lipinski definition) is 6. The van der Waals surface area contributed by atoms with Crippen LogP contribution in [-0.4, -0.2) is 62.4 Å². The third-order valence-corrected chi connectivity index (χ3v) is 7.49. The van der Waals surface area contributed by atoms with Crippen LogP contribution in [-0.2, 0) is 11.3 Å². The Morgan fingerprint density at radius 2 is 1.90 bits per heavy atom. The summed E-state index contributed by atoms with van der Waals surface area (Å²) in [6.07, 6.45) is 2.07. The smallest absolute Gasteiger partial charge is 0.233 e. The van der Waals surface area contributed by atoms with Crippen LogP contribution in [0.15, 0.2) is 46.9 Å². The molecule has 31 heavy (non-hydrogen) atoms. The van der Waals surface area contributed by atoms with Gasteiger partial charge in [0.15, 0.2) is 11.0 Å². The van der Waals surface area contributed by atoms with Gasteiger partial charge in [-0.25, -0.2) is 4.39 Å². The van der Waals surface area contributed by atoms with Crippen molar-refractivity contribution < 1.29 is 9.18 Å². The summed E-state index contributed by atoms with van der Waals surface area (Å²) in [7, 11) is 0. The lowest BCUT2D eigenvalue weighted by molar-refractivity contribution is -0.130. The maximum Gasteiger partial charge on any atom is 0.233 e. The molecule has 6 nitrogen and oxygen atoms in total. The quantitative estimate of drug-likeness (QED) is 0.504. The average molecular weight is 458 g/mol. The van der Waals surface area contributed by atoms with Crippen LogP contribution < -0.4 is 0 Å². The van der Waals surface area contributed by atoms with Crippen LogP contribution in [0.4, 0.5) is 4.39 Å². The highest BCUT2D eigenvalue weighted by Crippen LogP contribution is 2.41. The van der Waals surface area contributed by atoms with Crippen molar-refractivity contribution in [1.29, 1.82) is 0 Å². The van der Waals surface area contributed by atoms with E-state index in [1.807, 2.05) is 9.47 Å². The maximum atomic E-state index is 14.3. The van der Waals surface area contributed by atoms with E-state index in [1.165, 1.54) is 22.7 Å². The molecular formula is C22H24FN5OS2. The van der Waals surface area contributed by atoms with Gasteiger partial charge in [-0.05, 0) is 36.4 Å². The molecule has 2 aromatic heterocycles. The van der Waals surface area contributed by atoms with Gasteiger partial charge in [0.25, 0.3) is 0 Å². The minimum Gasteiger partial charge on any atom is -0.339 e. The Bertz CT molecular complexity index is 1040. The minimum atomic E-state index is -0.301. The van der Waals surface area contributed by atoms with Gasteiger partial charge in [-0.2, -0.15) is 0 Å². The first-order valence-electron chi connectivity index (χ1n) is 10.5. The number of carbonyl (C=O) groups excluding carboxylic acids is 1. The lowest BCUT2D eigenvalue weighted by atomic mass is 10.2. The van der Waals surface area contributed by atoms with Gasteiger partial charge in [-0.15, -0.1) is 21.5 Å². The molecule has 2 fully saturated rings. The predicted octanol–water partition coefficient (Wildman–Crippen LogP) is 3.92. The lowest BCUT2D eigenvalue weighted by Gasteiger charge is -2.34. The molecular weight excluding hydrogens is 433 g/mol. The van der Waals surface area contributed by atoms with Gasteiger partial charge in [0.2, 0.25) is 5.91 Å². The zero-order valence-corrected chi connectivity index (χ0v) is 18.7. The number of hydrogen-bond donors (Lipinski definition) is 0. The van der Waals surface area contributed by atoms with Crippen LogP contribution in [0, 0.1) is 5.82 Å². The lowest BCUT2D eigenvalue weighted by Crippen LogP contribution is -2.48. The van der Waals surface area contributed by atoms with Crippen LogP contribution in [0.5, 0.6) is 0 Å². The number of carbonyl (C=O) groups is 1. The Balaban J connectivity index is 1.20. The fourth-order valence-corrected chi connectivity index (χ4v) is 5.51. The van der Waals surface area contributed by atoms with Crippen molar-refractivity contribution in [2.24, 2.45) is 0 Å². The van der Waals surface area contributed by atoms with E-state index in [2.05, 4.69) is 32.6 Å². The summed E-state index contributed by atoms with van der Waals surface area (Å²) in [5.41, 5.74) is 0.460. The molecule has 1 saturated carbocycles. The van der Waals surface area contributed by atoms with E-state index in [-0.39, 0.29) is 11.7 Å². The Labute approximate surface area is 189 Å². The van der Waals surface area contributed by atoms with Gasteiger partial charge >= 0.3 is 0 Å². The molecule has 0 radical (unpaired) electrons. The highest BCUT2D eigenvalue weighted by atomic mass is 32.2. The second-order valence-corrected chi connectivity index (χ2v) is 9.89. The molecule has 3 aromatic rings. The van der Waals surface area contributed by atoms with Gasteiger partial charge < -0.3 is 4.90 Å². The van der Waals surface area contributed by atoms with Crippen molar-refractivity contribution in [3.05, 3.63) is 52.5 Å². The largest absolute Gasteiger partial charge is 0.339 e. The number of nitrogens with zero attached hydrogens (tertiary/aromatic N) is 5.